The lowest BCUT2D eigenvalue weighted by molar-refractivity contribution is -0.526. The van der Waals surface area contributed by atoms with E-state index in [0.717, 1.165) is 4.48 Å². The van der Waals surface area contributed by atoms with Crippen molar-refractivity contribution in [2.24, 2.45) is 0 Å². The maximum absolute atomic E-state index is 10.4. The Labute approximate surface area is 79.8 Å². The molecule has 0 fully saturated rings. The van der Waals surface area contributed by atoms with E-state index in [-0.39, 0.29) is 0 Å². The molecule has 1 N–H and O–H groups in total. The first kappa shape index (κ1) is 8.73. The van der Waals surface area contributed by atoms with Gasteiger partial charge in [0.2, 0.25) is 0 Å². The molecule has 0 aliphatic carbocycles. The van der Waals surface area contributed by atoms with E-state index >= 15 is 0 Å². The van der Waals surface area contributed by atoms with Crippen LogP contribution in [0, 0.1) is 10.1 Å². The van der Waals surface area contributed by atoms with E-state index in [1.165, 1.54) is 12.3 Å². The van der Waals surface area contributed by atoms with Crippen LogP contribution in [0.3, 0.4) is 0 Å². The minimum atomic E-state index is -1.34. The summed E-state index contributed by atoms with van der Waals surface area (Å²) in [4.78, 5) is 9.92. The summed E-state index contributed by atoms with van der Waals surface area (Å²) in [5.41, 5.74) is 0. The SMILES string of the molecule is O=[N+]([O-])C1(Br)C=CC(Br)=CN1. The lowest BCUT2D eigenvalue weighted by atomic mass is 10.3. The number of allylic oxidation sites excluding steroid dienone is 2. The van der Waals surface area contributed by atoms with Crippen molar-refractivity contribution in [3.8, 4) is 0 Å². The average Bonchev–Trinajstić information content (AvgIpc) is 1.95. The quantitative estimate of drug-likeness (QED) is 0.345. The van der Waals surface area contributed by atoms with Gasteiger partial charge >= 0.3 is 4.57 Å². The molecule has 1 aliphatic rings. The van der Waals surface area contributed by atoms with Gasteiger partial charge in [0.15, 0.2) is 0 Å². The highest BCUT2D eigenvalue weighted by atomic mass is 79.9. The van der Waals surface area contributed by atoms with E-state index in [1.807, 2.05) is 0 Å². The lowest BCUT2D eigenvalue weighted by Crippen LogP contribution is -2.42. The minimum Gasteiger partial charge on any atom is -0.314 e. The van der Waals surface area contributed by atoms with Crippen molar-refractivity contribution in [2.75, 3.05) is 0 Å². The summed E-state index contributed by atoms with van der Waals surface area (Å²) in [7, 11) is 0. The van der Waals surface area contributed by atoms with Crippen LogP contribution in [0.25, 0.3) is 0 Å². The number of alkyl halides is 1. The van der Waals surface area contributed by atoms with Crippen LogP contribution in [0.1, 0.15) is 0 Å². The van der Waals surface area contributed by atoms with Crippen LogP contribution < -0.4 is 5.32 Å². The van der Waals surface area contributed by atoms with Crippen molar-refractivity contribution < 1.29 is 4.92 Å². The van der Waals surface area contributed by atoms with E-state index in [1.54, 1.807) is 6.08 Å². The third kappa shape index (κ3) is 1.81. The van der Waals surface area contributed by atoms with Gasteiger partial charge < -0.3 is 5.32 Å². The fraction of sp³-hybridized carbons (Fsp3) is 0.200. The molecular weight excluding hydrogens is 280 g/mol. The summed E-state index contributed by atoms with van der Waals surface area (Å²) >= 11 is 6.08. The van der Waals surface area contributed by atoms with Crippen molar-refractivity contribution in [2.45, 2.75) is 4.57 Å². The molecule has 0 aromatic heterocycles. The number of dihydropyridines is 1. The molecule has 0 spiro atoms. The molecule has 6 heteroatoms. The molecule has 0 aromatic carbocycles. The van der Waals surface area contributed by atoms with Crippen LogP contribution >= 0.6 is 31.9 Å². The third-order valence-electron chi connectivity index (χ3n) is 1.14. The summed E-state index contributed by atoms with van der Waals surface area (Å²) < 4.78 is -0.570. The molecule has 1 aliphatic heterocycles. The summed E-state index contributed by atoms with van der Waals surface area (Å²) in [6.45, 7) is 0. The third-order valence-corrected chi connectivity index (χ3v) is 2.42. The van der Waals surface area contributed by atoms with Crippen LogP contribution in [0.2, 0.25) is 0 Å². The molecule has 4 nitrogen and oxygen atoms in total. The zero-order valence-corrected chi connectivity index (χ0v) is 8.42. The van der Waals surface area contributed by atoms with Crippen molar-refractivity contribution in [1.29, 1.82) is 0 Å². The normalized spacial score (nSPS) is 29.1. The van der Waals surface area contributed by atoms with Gasteiger partial charge in [-0.2, -0.15) is 0 Å². The highest BCUT2D eigenvalue weighted by Gasteiger charge is 2.36. The second-order valence-corrected chi connectivity index (χ2v) is 4.06. The van der Waals surface area contributed by atoms with Gasteiger partial charge in [0, 0.05) is 32.7 Å². The van der Waals surface area contributed by atoms with Crippen LogP contribution in [-0.2, 0) is 0 Å². The Morgan fingerprint density at radius 3 is 2.73 bits per heavy atom. The number of halogens is 2. The van der Waals surface area contributed by atoms with Crippen molar-refractivity contribution in [3.63, 3.8) is 0 Å². The number of nitrogens with zero attached hydrogens (tertiary/aromatic N) is 1. The Hall–Kier alpha value is -0.360. The summed E-state index contributed by atoms with van der Waals surface area (Å²) in [6.07, 6.45) is 4.53. The zero-order chi connectivity index (χ0) is 8.48. The smallest absolute Gasteiger partial charge is 0.314 e. The lowest BCUT2D eigenvalue weighted by Gasteiger charge is -2.17. The van der Waals surface area contributed by atoms with E-state index in [9.17, 15) is 10.1 Å². The molecule has 1 unspecified atom stereocenters. The number of rotatable bonds is 1. The maximum Gasteiger partial charge on any atom is 0.367 e. The van der Waals surface area contributed by atoms with Gasteiger partial charge in [0.25, 0.3) is 0 Å². The largest absolute Gasteiger partial charge is 0.367 e. The monoisotopic (exact) mass is 282 g/mol. The molecule has 0 saturated heterocycles. The van der Waals surface area contributed by atoms with Crippen LogP contribution in [0.5, 0.6) is 0 Å². The molecule has 0 bridgehead atoms. The van der Waals surface area contributed by atoms with E-state index in [0.29, 0.717) is 0 Å². The number of nitrogens with one attached hydrogen (secondary N) is 1. The van der Waals surface area contributed by atoms with Crippen LogP contribution in [0.4, 0.5) is 0 Å². The summed E-state index contributed by atoms with van der Waals surface area (Å²) in [5, 5.41) is 12.9. The van der Waals surface area contributed by atoms with Gasteiger partial charge in [0.1, 0.15) is 0 Å². The summed E-state index contributed by atoms with van der Waals surface area (Å²) in [6, 6.07) is 0. The van der Waals surface area contributed by atoms with E-state index in [4.69, 9.17) is 0 Å². The number of hydrogen-bond acceptors (Lipinski definition) is 3. The molecule has 11 heavy (non-hydrogen) atoms. The van der Waals surface area contributed by atoms with Gasteiger partial charge in [0.05, 0.1) is 4.92 Å². The number of hydrogen-bond donors (Lipinski definition) is 1. The molecule has 1 heterocycles. The zero-order valence-electron chi connectivity index (χ0n) is 5.25. The van der Waals surface area contributed by atoms with Gasteiger partial charge in [-0.25, -0.2) is 0 Å². The van der Waals surface area contributed by atoms with E-state index in [2.05, 4.69) is 37.2 Å². The van der Waals surface area contributed by atoms with Gasteiger partial charge in [-0.05, 0) is 22.0 Å². The predicted octanol–water partition coefficient (Wildman–Crippen LogP) is 1.71. The molecule has 0 aromatic rings. The molecule has 60 valence electrons. The second-order valence-electron chi connectivity index (χ2n) is 1.94. The highest BCUT2D eigenvalue weighted by Crippen LogP contribution is 2.23. The average molecular weight is 284 g/mol. The van der Waals surface area contributed by atoms with Crippen LogP contribution in [-0.4, -0.2) is 9.50 Å². The Morgan fingerprint density at radius 1 is 1.73 bits per heavy atom. The topological polar surface area (TPSA) is 55.2 Å². The Balaban J connectivity index is 2.82. The standard InChI is InChI=1S/C5H4Br2N2O2/c6-4-1-2-5(7,8-3-4)9(10)11/h1-3,8H. The van der Waals surface area contributed by atoms with Crippen molar-refractivity contribution in [1.82, 2.24) is 5.32 Å². The second kappa shape index (κ2) is 2.94. The molecule has 1 atom stereocenters. The molecule has 0 radical (unpaired) electrons. The Morgan fingerprint density at radius 2 is 2.36 bits per heavy atom. The molecule has 1 rings (SSSR count). The highest BCUT2D eigenvalue weighted by molar-refractivity contribution is 9.12. The first-order valence-corrected chi connectivity index (χ1v) is 4.29. The fourth-order valence-corrected chi connectivity index (χ4v) is 1.06. The minimum absolute atomic E-state index is 0.459. The van der Waals surface area contributed by atoms with Gasteiger partial charge in [-0.15, -0.1) is 0 Å². The van der Waals surface area contributed by atoms with Gasteiger partial charge in [-0.3, -0.25) is 10.1 Å². The van der Waals surface area contributed by atoms with E-state index < -0.39 is 9.50 Å². The van der Waals surface area contributed by atoms with Crippen LogP contribution in [0.15, 0.2) is 22.8 Å². The molecular formula is C5H4Br2N2O2. The fourth-order valence-electron chi connectivity index (χ4n) is 0.570. The first-order chi connectivity index (χ1) is 5.04. The van der Waals surface area contributed by atoms with Gasteiger partial charge in [-0.1, -0.05) is 0 Å². The first-order valence-electron chi connectivity index (χ1n) is 2.70. The van der Waals surface area contributed by atoms with Crippen molar-refractivity contribution in [3.05, 3.63) is 32.9 Å². The molecule has 0 amide bonds. The summed E-state index contributed by atoms with van der Waals surface area (Å²) in [5.74, 6) is 0. The Kier molecular flexibility index (Phi) is 2.34. The molecule has 0 saturated carbocycles. The predicted molar refractivity (Wildman–Crippen MR) is 47.9 cm³/mol. The number of nitro groups is 1. The Bertz CT molecular complexity index is 251. The van der Waals surface area contributed by atoms with Crippen molar-refractivity contribution >= 4 is 31.9 Å². The maximum atomic E-state index is 10.4.